The molecule has 19 heavy (non-hydrogen) atoms. The predicted molar refractivity (Wildman–Crippen MR) is 79.3 cm³/mol. The molecule has 0 bridgehead atoms. The number of carbonyl (C=O) groups is 2. The summed E-state index contributed by atoms with van der Waals surface area (Å²) < 4.78 is 0.964. The van der Waals surface area contributed by atoms with Crippen molar-refractivity contribution in [3.05, 3.63) is 28.2 Å². The van der Waals surface area contributed by atoms with Gasteiger partial charge in [0, 0.05) is 36.0 Å². The topological polar surface area (TPSA) is 37.4 Å². The van der Waals surface area contributed by atoms with E-state index in [0.717, 1.165) is 15.7 Å². The van der Waals surface area contributed by atoms with Crippen molar-refractivity contribution < 1.29 is 9.59 Å². The van der Waals surface area contributed by atoms with Crippen LogP contribution < -0.4 is 4.90 Å². The number of amides is 1. The Morgan fingerprint density at radius 1 is 1.32 bits per heavy atom. The summed E-state index contributed by atoms with van der Waals surface area (Å²) in [4.78, 5) is 25.4. The minimum absolute atomic E-state index is 0.0129. The molecule has 0 spiro atoms. The van der Waals surface area contributed by atoms with Gasteiger partial charge in [0.25, 0.3) is 0 Å². The van der Waals surface area contributed by atoms with Crippen LogP contribution in [0, 0.1) is 12.8 Å². The number of ketones is 1. The summed E-state index contributed by atoms with van der Waals surface area (Å²) in [5.74, 6) is 0.389. The van der Waals surface area contributed by atoms with Gasteiger partial charge < -0.3 is 4.90 Å². The molecule has 2 rings (SSSR count). The lowest BCUT2D eigenvalue weighted by Gasteiger charge is -2.27. The number of aryl methyl sites for hydroxylation is 1. The lowest BCUT2D eigenvalue weighted by Crippen LogP contribution is -2.35. The molecule has 1 fully saturated rings. The smallest absolute Gasteiger partial charge is 0.229 e. The minimum atomic E-state index is -0.0129. The third-order valence-corrected chi connectivity index (χ3v) is 4.25. The molecule has 1 saturated carbocycles. The van der Waals surface area contributed by atoms with Crippen LogP contribution in [0.1, 0.15) is 31.2 Å². The Hall–Kier alpha value is -1.16. The van der Waals surface area contributed by atoms with Crippen molar-refractivity contribution in [1.82, 2.24) is 0 Å². The molecule has 0 radical (unpaired) electrons. The van der Waals surface area contributed by atoms with E-state index in [4.69, 9.17) is 0 Å². The Balaban J connectivity index is 2.14. The van der Waals surface area contributed by atoms with Crippen LogP contribution >= 0.6 is 15.9 Å². The molecule has 1 aromatic carbocycles. The van der Waals surface area contributed by atoms with Gasteiger partial charge in [0.05, 0.1) is 0 Å². The van der Waals surface area contributed by atoms with E-state index in [1.165, 1.54) is 0 Å². The first-order chi connectivity index (χ1) is 8.99. The van der Waals surface area contributed by atoms with Gasteiger partial charge in [-0.15, -0.1) is 0 Å². The molecule has 3 nitrogen and oxygen atoms in total. The van der Waals surface area contributed by atoms with Gasteiger partial charge in [-0.25, -0.2) is 0 Å². The van der Waals surface area contributed by atoms with Crippen molar-refractivity contribution in [1.29, 1.82) is 0 Å². The van der Waals surface area contributed by atoms with Gasteiger partial charge in [0.2, 0.25) is 5.91 Å². The fourth-order valence-corrected chi connectivity index (χ4v) is 2.87. The Labute approximate surface area is 122 Å². The highest BCUT2D eigenvalue weighted by Gasteiger charge is 2.28. The van der Waals surface area contributed by atoms with E-state index < -0.39 is 0 Å². The maximum Gasteiger partial charge on any atom is 0.229 e. The fourth-order valence-electron chi connectivity index (χ4n) is 2.52. The van der Waals surface area contributed by atoms with Crippen LogP contribution in [0.2, 0.25) is 0 Å². The number of rotatable bonds is 2. The SMILES string of the molecule is Cc1ccc(Br)cc1N(C)C(=O)C1CCC(=O)CC1. The quantitative estimate of drug-likeness (QED) is 0.835. The second kappa shape index (κ2) is 5.87. The summed E-state index contributed by atoms with van der Waals surface area (Å²) in [6.07, 6.45) is 2.47. The molecule has 0 saturated heterocycles. The highest BCUT2D eigenvalue weighted by Crippen LogP contribution is 2.28. The number of carbonyl (C=O) groups excluding carboxylic acids is 2. The van der Waals surface area contributed by atoms with E-state index in [1.807, 2.05) is 32.2 Å². The zero-order valence-corrected chi connectivity index (χ0v) is 12.9. The highest BCUT2D eigenvalue weighted by atomic mass is 79.9. The Kier molecular flexibility index (Phi) is 4.40. The summed E-state index contributed by atoms with van der Waals surface area (Å²) in [5, 5.41) is 0. The molecule has 0 heterocycles. The van der Waals surface area contributed by atoms with Gasteiger partial charge in [-0.3, -0.25) is 9.59 Å². The normalized spacial score (nSPS) is 16.5. The standard InChI is InChI=1S/C15H18BrNO2/c1-10-3-6-12(16)9-14(10)17(2)15(19)11-4-7-13(18)8-5-11/h3,6,9,11H,4-5,7-8H2,1-2H3. The average molecular weight is 324 g/mol. The second-order valence-electron chi connectivity index (χ2n) is 5.14. The van der Waals surface area contributed by atoms with Crippen molar-refractivity contribution >= 4 is 33.3 Å². The molecule has 0 atom stereocenters. The fraction of sp³-hybridized carbons (Fsp3) is 0.467. The van der Waals surface area contributed by atoms with E-state index in [0.29, 0.717) is 25.7 Å². The zero-order chi connectivity index (χ0) is 14.0. The van der Waals surface area contributed by atoms with Crippen LogP contribution in [-0.2, 0) is 9.59 Å². The van der Waals surface area contributed by atoms with Gasteiger partial charge in [0.15, 0.2) is 0 Å². The first-order valence-electron chi connectivity index (χ1n) is 6.54. The number of benzene rings is 1. The van der Waals surface area contributed by atoms with Crippen molar-refractivity contribution in [3.8, 4) is 0 Å². The van der Waals surface area contributed by atoms with Gasteiger partial charge >= 0.3 is 0 Å². The van der Waals surface area contributed by atoms with Gasteiger partial charge in [0.1, 0.15) is 5.78 Å². The largest absolute Gasteiger partial charge is 0.315 e. The average Bonchev–Trinajstić information content (AvgIpc) is 2.41. The molecule has 1 aliphatic rings. The van der Waals surface area contributed by atoms with Crippen LogP contribution in [0.15, 0.2) is 22.7 Å². The van der Waals surface area contributed by atoms with Crippen molar-refractivity contribution in [3.63, 3.8) is 0 Å². The van der Waals surface area contributed by atoms with Crippen molar-refractivity contribution in [2.45, 2.75) is 32.6 Å². The van der Waals surface area contributed by atoms with Crippen LogP contribution in [-0.4, -0.2) is 18.7 Å². The predicted octanol–water partition coefficient (Wildman–Crippen LogP) is 3.48. The van der Waals surface area contributed by atoms with Crippen LogP contribution in [0.3, 0.4) is 0 Å². The van der Waals surface area contributed by atoms with Crippen LogP contribution in [0.25, 0.3) is 0 Å². The third-order valence-electron chi connectivity index (χ3n) is 3.76. The summed E-state index contributed by atoms with van der Waals surface area (Å²) in [6.45, 7) is 2.00. The highest BCUT2D eigenvalue weighted by molar-refractivity contribution is 9.10. The molecule has 4 heteroatoms. The maximum atomic E-state index is 12.5. The molecule has 1 amide bonds. The van der Waals surface area contributed by atoms with E-state index in [1.54, 1.807) is 4.90 Å². The number of Topliss-reactive ketones (excluding diaryl/α,β-unsaturated/α-hetero) is 1. The molecule has 1 aliphatic carbocycles. The summed E-state index contributed by atoms with van der Waals surface area (Å²) in [7, 11) is 1.81. The van der Waals surface area contributed by atoms with Crippen molar-refractivity contribution in [2.75, 3.05) is 11.9 Å². The van der Waals surface area contributed by atoms with Crippen LogP contribution in [0.4, 0.5) is 5.69 Å². The van der Waals surface area contributed by atoms with Gasteiger partial charge in [-0.05, 0) is 37.5 Å². The second-order valence-corrected chi connectivity index (χ2v) is 6.06. The molecule has 0 aliphatic heterocycles. The zero-order valence-electron chi connectivity index (χ0n) is 11.3. The summed E-state index contributed by atoms with van der Waals surface area (Å²) in [6, 6.07) is 5.92. The summed E-state index contributed by atoms with van der Waals surface area (Å²) in [5.41, 5.74) is 2.00. The number of hydrogen-bond acceptors (Lipinski definition) is 2. The van der Waals surface area contributed by atoms with E-state index >= 15 is 0 Å². The molecule has 0 unspecified atom stereocenters. The van der Waals surface area contributed by atoms with Gasteiger partial charge in [-0.2, -0.15) is 0 Å². The maximum absolute atomic E-state index is 12.5. The number of halogens is 1. The molecule has 0 N–H and O–H groups in total. The van der Waals surface area contributed by atoms with E-state index in [9.17, 15) is 9.59 Å². The lowest BCUT2D eigenvalue weighted by atomic mass is 9.87. The molecule has 102 valence electrons. The monoisotopic (exact) mass is 323 g/mol. The Morgan fingerprint density at radius 3 is 2.58 bits per heavy atom. The third kappa shape index (κ3) is 3.24. The molecule has 0 aromatic heterocycles. The van der Waals surface area contributed by atoms with E-state index in [2.05, 4.69) is 15.9 Å². The van der Waals surface area contributed by atoms with Gasteiger partial charge in [-0.1, -0.05) is 22.0 Å². The number of anilines is 1. The van der Waals surface area contributed by atoms with Crippen molar-refractivity contribution in [2.24, 2.45) is 5.92 Å². The number of nitrogens with zero attached hydrogens (tertiary/aromatic N) is 1. The first-order valence-corrected chi connectivity index (χ1v) is 7.33. The van der Waals surface area contributed by atoms with E-state index in [-0.39, 0.29) is 17.6 Å². The molecular weight excluding hydrogens is 306 g/mol. The Bertz CT molecular complexity index is 503. The first kappa shape index (κ1) is 14.3. The number of hydrogen-bond donors (Lipinski definition) is 0. The molecule has 1 aromatic rings. The lowest BCUT2D eigenvalue weighted by molar-refractivity contribution is -0.126. The minimum Gasteiger partial charge on any atom is -0.315 e. The van der Waals surface area contributed by atoms with Crippen LogP contribution in [0.5, 0.6) is 0 Å². The summed E-state index contributed by atoms with van der Waals surface area (Å²) >= 11 is 3.43. The Morgan fingerprint density at radius 2 is 1.95 bits per heavy atom. The molecular formula is C15H18BrNO2.